The van der Waals surface area contributed by atoms with Crippen LogP contribution in [0.1, 0.15) is 5.69 Å². The van der Waals surface area contributed by atoms with E-state index in [1.54, 1.807) is 6.07 Å². The number of nitrogens with zero attached hydrogens (tertiary/aromatic N) is 2. The molecule has 0 atom stereocenters. The molecular weight excluding hydrogens is 123 g/mol. The van der Waals surface area contributed by atoms with Gasteiger partial charge in [0.05, 0.1) is 0 Å². The van der Waals surface area contributed by atoms with Gasteiger partial charge >= 0.3 is 71.1 Å². The molecule has 0 bridgehead atoms. The SMILES string of the molecule is N#Cc1ccc[c]([Na])n1. The summed E-state index contributed by atoms with van der Waals surface area (Å²) in [5, 5.41) is 8.36. The van der Waals surface area contributed by atoms with Crippen LogP contribution >= 0.6 is 0 Å². The van der Waals surface area contributed by atoms with Gasteiger partial charge in [0.1, 0.15) is 0 Å². The third-order valence-electron chi connectivity index (χ3n) is 1.00. The number of rotatable bonds is 0. The molecule has 0 aliphatic carbocycles. The van der Waals surface area contributed by atoms with E-state index in [0.717, 1.165) is 30.9 Å². The van der Waals surface area contributed by atoms with Crippen LogP contribution in [-0.4, -0.2) is 32.9 Å². The first-order valence-electron chi connectivity index (χ1n) is 2.66. The van der Waals surface area contributed by atoms with Crippen LogP contribution in [0.5, 0.6) is 0 Å². The van der Waals surface area contributed by atoms with Crippen molar-refractivity contribution in [2.75, 3.05) is 0 Å². The van der Waals surface area contributed by atoms with Gasteiger partial charge in [0.25, 0.3) is 0 Å². The molecule has 38 valence electrons. The Bertz CT molecular complexity index is 251. The van der Waals surface area contributed by atoms with Crippen LogP contribution < -0.4 is 2.94 Å². The Morgan fingerprint density at radius 1 is 1.56 bits per heavy atom. The summed E-state index contributed by atoms with van der Waals surface area (Å²) < 4.78 is 1.02. The molecule has 3 heteroatoms. The Kier molecular flexibility index (Phi) is 2.23. The maximum atomic E-state index is 8.36. The second kappa shape index (κ2) is 2.98. The molecule has 0 saturated heterocycles. The molecule has 0 aliphatic rings. The zero-order valence-electron chi connectivity index (χ0n) is 5.13. The second-order valence-corrected chi connectivity index (χ2v) is 2.80. The Morgan fingerprint density at radius 3 is 2.78 bits per heavy atom. The standard InChI is InChI=1S/C6H3N2.Na/c7-5-6-3-1-2-4-8-6;/h1-3H;. The Morgan fingerprint density at radius 2 is 2.33 bits per heavy atom. The van der Waals surface area contributed by atoms with Gasteiger partial charge in [-0.3, -0.25) is 0 Å². The quantitative estimate of drug-likeness (QED) is 0.449. The third kappa shape index (κ3) is 1.79. The van der Waals surface area contributed by atoms with Crippen molar-refractivity contribution >= 4 is 30.9 Å². The molecule has 1 aromatic heterocycles. The van der Waals surface area contributed by atoms with Gasteiger partial charge in [-0.05, 0) is 0 Å². The van der Waals surface area contributed by atoms with Crippen LogP contribution in [0.3, 0.4) is 0 Å². The molecule has 2 nitrogen and oxygen atoms in total. The predicted molar refractivity (Wildman–Crippen MR) is 34.3 cm³/mol. The van der Waals surface area contributed by atoms with Gasteiger partial charge in [-0.2, -0.15) is 0 Å². The van der Waals surface area contributed by atoms with E-state index >= 15 is 0 Å². The average molecular weight is 126 g/mol. The monoisotopic (exact) mass is 126 g/mol. The predicted octanol–water partition coefficient (Wildman–Crippen LogP) is -0.253. The molecule has 1 rings (SSSR count). The number of nitriles is 1. The van der Waals surface area contributed by atoms with Crippen molar-refractivity contribution in [2.24, 2.45) is 0 Å². The Balaban J connectivity index is 3.12. The first kappa shape index (κ1) is 6.76. The van der Waals surface area contributed by atoms with Gasteiger partial charge < -0.3 is 0 Å². The summed E-state index contributed by atoms with van der Waals surface area (Å²) in [6.45, 7) is 0. The average Bonchev–Trinajstić information content (AvgIpc) is 1.88. The van der Waals surface area contributed by atoms with Crippen molar-refractivity contribution in [2.45, 2.75) is 0 Å². The van der Waals surface area contributed by atoms with Crippen LogP contribution in [0.25, 0.3) is 0 Å². The summed E-state index contributed by atoms with van der Waals surface area (Å²) in [5.41, 5.74) is 0.516. The summed E-state index contributed by atoms with van der Waals surface area (Å²) in [7, 11) is 0. The molecule has 0 aromatic carbocycles. The summed E-state index contributed by atoms with van der Waals surface area (Å²) in [4.78, 5) is 3.99. The molecular formula is C6H3N2Na. The molecule has 0 spiro atoms. The maximum absolute atomic E-state index is 8.36. The van der Waals surface area contributed by atoms with E-state index < -0.39 is 0 Å². The van der Waals surface area contributed by atoms with Gasteiger partial charge in [0.15, 0.2) is 0 Å². The van der Waals surface area contributed by atoms with Gasteiger partial charge in [-0.15, -0.1) is 0 Å². The summed E-state index contributed by atoms with van der Waals surface area (Å²) in [6.07, 6.45) is 0. The number of hydrogen-bond donors (Lipinski definition) is 0. The number of pyridine rings is 1. The molecule has 0 N–H and O–H groups in total. The van der Waals surface area contributed by atoms with E-state index in [4.69, 9.17) is 5.26 Å². The van der Waals surface area contributed by atoms with Crippen LogP contribution in [0.15, 0.2) is 18.2 Å². The fourth-order valence-electron chi connectivity index (χ4n) is 0.605. The van der Waals surface area contributed by atoms with Gasteiger partial charge in [0, 0.05) is 0 Å². The molecule has 1 aromatic rings. The summed E-state index contributed by atoms with van der Waals surface area (Å²) in [5.74, 6) is 0. The number of aromatic nitrogens is 1. The molecule has 0 unspecified atom stereocenters. The molecule has 0 saturated carbocycles. The van der Waals surface area contributed by atoms with E-state index in [-0.39, 0.29) is 0 Å². The molecule has 0 amide bonds. The normalized spacial score (nSPS) is 8.56. The minimum absolute atomic E-state index is 0.516. The first-order chi connectivity index (χ1) is 4.33. The second-order valence-electron chi connectivity index (χ2n) is 1.78. The molecule has 0 aliphatic heterocycles. The van der Waals surface area contributed by atoms with Crippen molar-refractivity contribution in [3.8, 4) is 6.07 Å². The van der Waals surface area contributed by atoms with Crippen molar-refractivity contribution in [3.05, 3.63) is 23.9 Å². The zero-order chi connectivity index (χ0) is 6.69. The fraction of sp³-hybridized carbons (Fsp3) is 0. The van der Waals surface area contributed by atoms with Crippen molar-refractivity contribution in [1.82, 2.24) is 4.98 Å². The van der Waals surface area contributed by atoms with Crippen LogP contribution in [0, 0.1) is 11.3 Å². The summed E-state index contributed by atoms with van der Waals surface area (Å²) in [6, 6.07) is 7.47. The molecule has 9 heavy (non-hydrogen) atoms. The van der Waals surface area contributed by atoms with Crippen molar-refractivity contribution in [3.63, 3.8) is 0 Å². The Labute approximate surface area is 70.9 Å². The molecule has 1 heterocycles. The zero-order valence-corrected chi connectivity index (χ0v) is 7.13. The first-order valence-corrected chi connectivity index (χ1v) is 3.66. The van der Waals surface area contributed by atoms with Crippen LogP contribution in [0.2, 0.25) is 0 Å². The fourth-order valence-corrected chi connectivity index (χ4v) is 1.04. The van der Waals surface area contributed by atoms with E-state index in [0.29, 0.717) is 5.69 Å². The topological polar surface area (TPSA) is 36.7 Å². The van der Waals surface area contributed by atoms with E-state index in [1.807, 2.05) is 18.2 Å². The van der Waals surface area contributed by atoms with Gasteiger partial charge in [-0.25, -0.2) is 0 Å². The van der Waals surface area contributed by atoms with E-state index in [2.05, 4.69) is 4.98 Å². The van der Waals surface area contributed by atoms with Gasteiger partial charge in [0.2, 0.25) is 0 Å². The summed E-state index contributed by atoms with van der Waals surface area (Å²) >= 11 is 0.915. The van der Waals surface area contributed by atoms with E-state index in [1.165, 1.54) is 0 Å². The van der Waals surface area contributed by atoms with Crippen molar-refractivity contribution < 1.29 is 0 Å². The number of hydrogen-bond acceptors (Lipinski definition) is 2. The molecule has 0 fully saturated rings. The van der Waals surface area contributed by atoms with Crippen molar-refractivity contribution in [1.29, 1.82) is 5.26 Å². The van der Waals surface area contributed by atoms with Crippen LogP contribution in [-0.2, 0) is 0 Å². The molecule has 0 radical (unpaired) electrons. The Hall–Kier alpha value is -0.360. The minimum atomic E-state index is 0.516. The third-order valence-corrected chi connectivity index (χ3v) is 1.56. The van der Waals surface area contributed by atoms with Crippen LogP contribution in [0.4, 0.5) is 0 Å². The van der Waals surface area contributed by atoms with Gasteiger partial charge in [-0.1, -0.05) is 0 Å². The van der Waals surface area contributed by atoms with E-state index in [9.17, 15) is 0 Å².